The summed E-state index contributed by atoms with van der Waals surface area (Å²) in [5, 5.41) is 51.9. The summed E-state index contributed by atoms with van der Waals surface area (Å²) in [4.78, 5) is 195. The smallest absolute Gasteiger partial charge is 0.252 e. The molecular weight excluding hydrogens is 1300 g/mol. The van der Waals surface area contributed by atoms with E-state index in [1.54, 1.807) is 48.5 Å². The van der Waals surface area contributed by atoms with Crippen LogP contribution in [-0.2, 0) is 73.6 Å². The number of aromatic hydroxyl groups is 2. The number of phenolic OH excluding ortho intramolecular Hbond substituents is 2. The summed E-state index contributed by atoms with van der Waals surface area (Å²) in [6.07, 6.45) is 2.39. The fourth-order valence-electron chi connectivity index (χ4n) is 11.1. The number of nitrogens with two attached hydrogens (primary N) is 2. The molecule has 1 aromatic heterocycles. The number of carbonyl (C=O) groups is 13. The Morgan fingerprint density at radius 2 is 1.01 bits per heavy atom. The average molecular weight is 1390 g/mol. The highest BCUT2D eigenvalue weighted by Crippen LogP contribution is 2.20. The molecule has 6 aromatic rings. The molecule has 0 saturated carbocycles. The lowest BCUT2D eigenvalue weighted by molar-refractivity contribution is -0.135. The summed E-state index contributed by atoms with van der Waals surface area (Å²) >= 11 is 0. The van der Waals surface area contributed by atoms with E-state index in [-0.39, 0.29) is 110 Å². The number of benzene rings is 5. The van der Waals surface area contributed by atoms with Crippen molar-refractivity contribution in [2.24, 2.45) is 11.5 Å². The predicted molar refractivity (Wildman–Crippen MR) is 364 cm³/mol. The van der Waals surface area contributed by atoms with Crippen LogP contribution in [0.3, 0.4) is 0 Å². The molecule has 101 heavy (non-hydrogen) atoms. The number of fused-ring (bicyclic) bond motifs is 8. The molecule has 19 N–H and O–H groups in total. The van der Waals surface area contributed by atoms with Crippen molar-refractivity contribution in [2.75, 3.05) is 26.2 Å². The van der Waals surface area contributed by atoms with Gasteiger partial charge in [-0.2, -0.15) is 0 Å². The second-order valence-electron chi connectivity index (χ2n) is 24.4. The Morgan fingerprint density at radius 3 is 1.59 bits per heavy atom. The van der Waals surface area contributed by atoms with Gasteiger partial charge in [0, 0.05) is 61.7 Å². The zero-order valence-corrected chi connectivity index (χ0v) is 55.2. The van der Waals surface area contributed by atoms with E-state index >= 15 is 0 Å². The van der Waals surface area contributed by atoms with Gasteiger partial charge in [0.05, 0.1) is 18.6 Å². The summed E-state index contributed by atoms with van der Waals surface area (Å²) < 4.78 is 0. The first-order valence-electron chi connectivity index (χ1n) is 32.8. The first-order valence-corrected chi connectivity index (χ1v) is 32.8. The van der Waals surface area contributed by atoms with Crippen LogP contribution in [-0.4, -0.2) is 171 Å². The summed E-state index contributed by atoms with van der Waals surface area (Å²) in [6, 6.07) is 17.2. The fraction of sp³-hybridized carbons (Fsp3) is 0.343. The number of rotatable bonds is 14. The molecule has 5 aromatic carbocycles. The van der Waals surface area contributed by atoms with E-state index in [4.69, 9.17) is 11.5 Å². The maximum atomic E-state index is 15.0. The standard InChI is InChI=1S/C70H82N16O15/c1-39-60(91)80-51-17-9-11-27-74-61(92)44-31-45(33-46(32-44)63(94)86-58(43-14-6-3-7-15-43)70(101)84-53(67(98)78-39)29-41-18-22-48(87)23-19-41)62(93)75-36-56(59(72)90)85-69(100)55(34-47-35-73-38-77-47)83-65(96)50(16-8-10-26-71)79-57(89)37-76-64(95)52(28-40-12-4-2-5-13-40)81-68(99)54(82-66(51)97)30-42-20-24-49(88)25-21-42/h2-7,12-15,18-25,31-33,35,38-39,50-56,58,87-88H,8-11,16-17,26-30,34,36-37,71H2,1H3,(H2,72,90)(H,73,77)(H,74,92)(H,75,93)(H,76,95)(H,78,98)(H,79,89)(H,80,91)(H,81,99)(H,82,97)(H,83,96)(H,84,101)(H,85,100)(H,86,94)/t39-,50?,51+,52-,53?,54?,55?,56?,58?/m1/s1. The lowest BCUT2D eigenvalue weighted by Crippen LogP contribution is -2.60. The number of aromatic amines is 1. The van der Waals surface area contributed by atoms with Gasteiger partial charge in [-0.3, -0.25) is 62.3 Å². The Bertz CT molecular complexity index is 3940. The maximum Gasteiger partial charge on any atom is 0.252 e. The number of hydrogen-bond acceptors (Lipinski definition) is 17. The number of nitrogens with one attached hydrogen (secondary N) is 13. The molecule has 6 unspecified atom stereocenters. The zero-order valence-electron chi connectivity index (χ0n) is 55.2. The Labute approximate surface area is 580 Å². The van der Waals surface area contributed by atoms with Crippen LogP contribution in [0.4, 0.5) is 0 Å². The minimum atomic E-state index is -1.70. The van der Waals surface area contributed by atoms with Crippen LogP contribution in [0, 0.1) is 0 Å². The second-order valence-corrected chi connectivity index (χ2v) is 24.4. The van der Waals surface area contributed by atoms with Crippen LogP contribution in [0.15, 0.2) is 140 Å². The van der Waals surface area contributed by atoms with Gasteiger partial charge in [0.2, 0.25) is 59.1 Å². The highest BCUT2D eigenvalue weighted by molar-refractivity contribution is 6.06. The molecule has 31 nitrogen and oxygen atoms in total. The Kier molecular flexibility index (Phi) is 27.0. The first kappa shape index (κ1) is 74.8. The van der Waals surface area contributed by atoms with Crippen LogP contribution in [0.5, 0.6) is 11.5 Å². The molecule has 8 rings (SSSR count). The van der Waals surface area contributed by atoms with E-state index in [0.29, 0.717) is 23.1 Å². The molecule has 0 fully saturated rings. The molecule has 2 aliphatic heterocycles. The predicted octanol–water partition coefficient (Wildman–Crippen LogP) is -1.45. The molecule has 532 valence electrons. The van der Waals surface area contributed by atoms with Gasteiger partial charge in [-0.05, 0) is 117 Å². The van der Waals surface area contributed by atoms with Crippen molar-refractivity contribution in [1.82, 2.24) is 73.8 Å². The lowest BCUT2D eigenvalue weighted by Gasteiger charge is -2.27. The van der Waals surface area contributed by atoms with Crippen molar-refractivity contribution in [3.63, 3.8) is 0 Å². The normalized spacial score (nSPS) is 22.5. The van der Waals surface area contributed by atoms with Crippen LogP contribution >= 0.6 is 0 Å². The van der Waals surface area contributed by atoms with Gasteiger partial charge in [-0.1, -0.05) is 84.9 Å². The van der Waals surface area contributed by atoms with Crippen LogP contribution < -0.4 is 75.3 Å². The third kappa shape index (κ3) is 22.5. The Balaban J connectivity index is 1.22. The molecule has 0 saturated heterocycles. The molecule has 31 heteroatoms. The van der Waals surface area contributed by atoms with Gasteiger partial charge < -0.3 is 90.5 Å². The maximum absolute atomic E-state index is 15.0. The van der Waals surface area contributed by atoms with E-state index in [0.717, 1.165) is 18.2 Å². The van der Waals surface area contributed by atoms with Crippen molar-refractivity contribution in [3.8, 4) is 11.5 Å². The van der Waals surface area contributed by atoms with E-state index in [1.165, 1.54) is 80.1 Å². The van der Waals surface area contributed by atoms with Gasteiger partial charge in [-0.25, -0.2) is 4.98 Å². The van der Waals surface area contributed by atoms with Crippen molar-refractivity contribution in [3.05, 3.63) is 185 Å². The number of nitrogens with zero attached hydrogens (tertiary/aromatic N) is 1. The highest BCUT2D eigenvalue weighted by Gasteiger charge is 2.36. The first-order chi connectivity index (χ1) is 48.5. The summed E-state index contributed by atoms with van der Waals surface area (Å²) in [6.45, 7) is -0.0835. The van der Waals surface area contributed by atoms with Crippen LogP contribution in [0.2, 0.25) is 0 Å². The summed E-state index contributed by atoms with van der Waals surface area (Å²) in [5.41, 5.74) is 12.5. The largest absolute Gasteiger partial charge is 0.508 e. The number of phenols is 2. The molecule has 0 radical (unpaired) electrons. The van der Waals surface area contributed by atoms with Crippen LogP contribution in [0.25, 0.3) is 0 Å². The Hall–Kier alpha value is -12.0. The van der Waals surface area contributed by atoms with E-state index < -0.39 is 144 Å². The SMILES string of the molecule is C[C@H]1NC(=O)C(Cc2ccc(O)cc2)NC(=O)C(c2ccccc2)NC(=O)c2cc3cc(c2)C(=O)NCC(C(N)=O)NC(=O)C(Cc2c[nH]cn2)NC(=O)C(CCCCN)NC(=O)CNC(=O)[C@@H](Cc2ccccc2)NC(=O)C(Cc2ccc(O)cc2)NC(=O)[C@H](CCCCNC3=O)NC1=O. The number of unbranched alkanes of at least 4 members (excludes halogenated alkanes) is 1. The highest BCUT2D eigenvalue weighted by atomic mass is 16.3. The van der Waals surface area contributed by atoms with E-state index in [2.05, 4.69) is 73.8 Å². The molecule has 0 spiro atoms. The van der Waals surface area contributed by atoms with Gasteiger partial charge in [0.15, 0.2) is 0 Å². The number of amides is 13. The molecule has 3 heterocycles. The number of aromatic nitrogens is 2. The van der Waals surface area contributed by atoms with E-state index in [9.17, 15) is 72.5 Å². The van der Waals surface area contributed by atoms with Crippen molar-refractivity contribution >= 4 is 76.8 Å². The topological polar surface area (TPSA) is 487 Å². The monoisotopic (exact) mass is 1390 g/mol. The van der Waals surface area contributed by atoms with Gasteiger partial charge in [0.1, 0.15) is 65.9 Å². The molecular formula is C70H82N16O15. The minimum Gasteiger partial charge on any atom is -0.508 e. The Morgan fingerprint density at radius 1 is 0.495 bits per heavy atom. The van der Waals surface area contributed by atoms with Gasteiger partial charge in [0.25, 0.3) is 17.7 Å². The van der Waals surface area contributed by atoms with Crippen molar-refractivity contribution in [1.29, 1.82) is 0 Å². The molecule has 9 atom stereocenters. The van der Waals surface area contributed by atoms with E-state index in [1.807, 2.05) is 0 Å². The van der Waals surface area contributed by atoms with Crippen molar-refractivity contribution in [2.45, 2.75) is 126 Å². The quantitative estimate of drug-likeness (QED) is 0.0555. The molecule has 0 aliphatic carbocycles. The number of hydrogen-bond donors (Lipinski definition) is 17. The number of H-pyrrole nitrogens is 1. The fourth-order valence-corrected chi connectivity index (χ4v) is 11.1. The third-order valence-corrected chi connectivity index (χ3v) is 16.7. The van der Waals surface area contributed by atoms with Gasteiger partial charge in [-0.15, -0.1) is 0 Å². The van der Waals surface area contributed by atoms with Crippen molar-refractivity contribution < 1.29 is 72.5 Å². The minimum absolute atomic E-state index is 0.0328. The second kappa shape index (κ2) is 36.5. The van der Waals surface area contributed by atoms with Gasteiger partial charge >= 0.3 is 0 Å². The third-order valence-electron chi connectivity index (χ3n) is 16.7. The molecule has 4 bridgehead atoms. The number of imidazole rings is 1. The van der Waals surface area contributed by atoms with Crippen LogP contribution in [0.1, 0.15) is 111 Å². The molecule has 2 aliphatic rings. The molecule has 13 amide bonds. The summed E-state index contributed by atoms with van der Waals surface area (Å²) in [7, 11) is 0. The average Bonchev–Trinajstić information content (AvgIpc) is 1.18. The summed E-state index contributed by atoms with van der Waals surface area (Å²) in [5.74, 6) is -12.6. The lowest BCUT2D eigenvalue weighted by atomic mass is 10.0. The number of carbonyl (C=O) groups excluding carboxylic acids is 13. The zero-order chi connectivity index (χ0) is 72.5. The number of primary amides is 1.